The molecule has 1 aromatic carbocycles. The third-order valence-electron chi connectivity index (χ3n) is 2.70. The summed E-state index contributed by atoms with van der Waals surface area (Å²) in [6, 6.07) is 8.32. The van der Waals surface area contributed by atoms with Gasteiger partial charge in [0, 0.05) is 18.8 Å². The summed E-state index contributed by atoms with van der Waals surface area (Å²) < 4.78 is 0. The molecule has 0 saturated heterocycles. The van der Waals surface area contributed by atoms with Crippen LogP contribution in [0.5, 0.6) is 0 Å². The molecule has 3 heteroatoms. The van der Waals surface area contributed by atoms with Crippen LogP contribution in [0.3, 0.4) is 0 Å². The first kappa shape index (κ1) is 10.9. The monoisotopic (exact) mass is 216 g/mol. The number of nitrogens with one attached hydrogen (secondary N) is 1. The van der Waals surface area contributed by atoms with Crippen molar-refractivity contribution in [1.29, 1.82) is 0 Å². The highest BCUT2D eigenvalue weighted by Gasteiger charge is 2.10. The van der Waals surface area contributed by atoms with Crippen molar-refractivity contribution >= 4 is 0 Å². The summed E-state index contributed by atoms with van der Waals surface area (Å²) in [4.78, 5) is 6.96. The summed E-state index contributed by atoms with van der Waals surface area (Å²) >= 11 is 0. The minimum atomic E-state index is -0.553. The molecule has 16 heavy (non-hydrogen) atoms. The minimum absolute atomic E-state index is 0.553. The largest absolute Gasteiger partial charge is 0.385 e. The van der Waals surface area contributed by atoms with E-state index in [0.29, 0.717) is 12.2 Å². The summed E-state index contributed by atoms with van der Waals surface area (Å²) in [5, 5.41) is 9.90. The maximum atomic E-state index is 9.90. The molecule has 0 fully saturated rings. The predicted molar refractivity (Wildman–Crippen MR) is 63.1 cm³/mol. The summed E-state index contributed by atoms with van der Waals surface area (Å²) in [7, 11) is 0. The van der Waals surface area contributed by atoms with E-state index in [4.69, 9.17) is 0 Å². The van der Waals surface area contributed by atoms with Gasteiger partial charge in [0.25, 0.3) is 0 Å². The first-order chi connectivity index (χ1) is 7.79. The zero-order valence-electron chi connectivity index (χ0n) is 9.35. The van der Waals surface area contributed by atoms with Gasteiger partial charge in [0.2, 0.25) is 0 Å². The van der Waals surface area contributed by atoms with Gasteiger partial charge in [-0.1, -0.05) is 31.2 Å². The van der Waals surface area contributed by atoms with Crippen molar-refractivity contribution in [3.63, 3.8) is 0 Å². The van der Waals surface area contributed by atoms with Crippen LogP contribution in [0.15, 0.2) is 36.7 Å². The number of aliphatic hydroxyl groups excluding tert-OH is 1. The number of hydrogen-bond acceptors (Lipinski definition) is 2. The third kappa shape index (κ3) is 2.49. The first-order valence-electron chi connectivity index (χ1n) is 5.54. The minimum Gasteiger partial charge on any atom is -0.385 e. The van der Waals surface area contributed by atoms with Crippen LogP contribution < -0.4 is 0 Å². The van der Waals surface area contributed by atoms with Crippen molar-refractivity contribution in [3.05, 3.63) is 53.6 Å². The molecule has 2 rings (SSSR count). The number of H-pyrrole nitrogens is 1. The Balaban J connectivity index is 2.03. The van der Waals surface area contributed by atoms with E-state index in [-0.39, 0.29) is 0 Å². The fourth-order valence-electron chi connectivity index (χ4n) is 1.69. The molecule has 1 heterocycles. The summed E-state index contributed by atoms with van der Waals surface area (Å²) in [5.41, 5.74) is 2.44. The van der Waals surface area contributed by atoms with Crippen molar-refractivity contribution in [2.75, 3.05) is 0 Å². The Labute approximate surface area is 95.2 Å². The van der Waals surface area contributed by atoms with E-state index in [0.717, 1.165) is 12.0 Å². The Kier molecular flexibility index (Phi) is 3.37. The molecular weight excluding hydrogens is 200 g/mol. The molecule has 1 unspecified atom stereocenters. The van der Waals surface area contributed by atoms with Gasteiger partial charge in [-0.15, -0.1) is 0 Å². The Morgan fingerprint density at radius 1 is 1.25 bits per heavy atom. The highest BCUT2D eigenvalue weighted by atomic mass is 16.3. The van der Waals surface area contributed by atoms with Crippen LogP contribution in [0.1, 0.15) is 30.0 Å². The lowest BCUT2D eigenvalue weighted by Crippen LogP contribution is -2.03. The van der Waals surface area contributed by atoms with Crippen molar-refractivity contribution in [2.45, 2.75) is 25.9 Å². The Morgan fingerprint density at radius 2 is 1.94 bits per heavy atom. The van der Waals surface area contributed by atoms with Crippen molar-refractivity contribution in [1.82, 2.24) is 9.97 Å². The second-order valence-corrected chi connectivity index (χ2v) is 3.86. The van der Waals surface area contributed by atoms with E-state index >= 15 is 0 Å². The standard InChI is InChI=1S/C13H16N2O/c1-2-10-3-5-11(6-4-10)9-12(16)13-14-7-8-15-13/h3-8,12,16H,2,9H2,1H3,(H,14,15). The molecule has 3 nitrogen and oxygen atoms in total. The Morgan fingerprint density at radius 3 is 2.50 bits per heavy atom. The zero-order valence-corrected chi connectivity index (χ0v) is 9.35. The van der Waals surface area contributed by atoms with Crippen molar-refractivity contribution < 1.29 is 5.11 Å². The first-order valence-corrected chi connectivity index (χ1v) is 5.54. The molecule has 0 saturated carbocycles. The molecule has 0 aliphatic heterocycles. The molecule has 1 aromatic heterocycles. The van der Waals surface area contributed by atoms with E-state index < -0.39 is 6.10 Å². The van der Waals surface area contributed by atoms with Crippen molar-refractivity contribution in [3.8, 4) is 0 Å². The highest BCUT2D eigenvalue weighted by molar-refractivity contribution is 5.23. The molecule has 84 valence electrons. The number of hydrogen-bond donors (Lipinski definition) is 2. The number of nitrogens with zero attached hydrogens (tertiary/aromatic N) is 1. The number of aromatic nitrogens is 2. The van der Waals surface area contributed by atoms with Gasteiger partial charge >= 0.3 is 0 Å². The van der Waals surface area contributed by atoms with Crippen molar-refractivity contribution in [2.24, 2.45) is 0 Å². The lowest BCUT2D eigenvalue weighted by atomic mass is 10.0. The fraction of sp³-hybridized carbons (Fsp3) is 0.308. The van der Waals surface area contributed by atoms with E-state index in [2.05, 4.69) is 41.2 Å². The Bertz CT molecular complexity index is 420. The molecule has 1 atom stereocenters. The number of imidazole rings is 1. The second-order valence-electron chi connectivity index (χ2n) is 3.86. The molecular formula is C13H16N2O. The van der Waals surface area contributed by atoms with Gasteiger partial charge < -0.3 is 10.1 Å². The topological polar surface area (TPSA) is 48.9 Å². The van der Waals surface area contributed by atoms with Gasteiger partial charge in [0.05, 0.1) is 0 Å². The smallest absolute Gasteiger partial charge is 0.135 e. The van der Waals surface area contributed by atoms with Crippen LogP contribution in [-0.4, -0.2) is 15.1 Å². The van der Waals surface area contributed by atoms with E-state index in [9.17, 15) is 5.11 Å². The summed E-state index contributed by atoms with van der Waals surface area (Å²) in [6.45, 7) is 2.13. The third-order valence-corrected chi connectivity index (χ3v) is 2.70. The molecule has 0 radical (unpaired) electrons. The lowest BCUT2D eigenvalue weighted by Gasteiger charge is -2.08. The van der Waals surface area contributed by atoms with Gasteiger partial charge in [0.15, 0.2) is 0 Å². The van der Waals surface area contributed by atoms with Gasteiger partial charge in [-0.3, -0.25) is 0 Å². The summed E-state index contributed by atoms with van der Waals surface area (Å²) in [5.74, 6) is 0.625. The number of aryl methyl sites for hydroxylation is 1. The highest BCUT2D eigenvalue weighted by Crippen LogP contribution is 2.15. The normalized spacial score (nSPS) is 12.6. The molecule has 0 bridgehead atoms. The quantitative estimate of drug-likeness (QED) is 0.823. The van der Waals surface area contributed by atoms with E-state index in [1.165, 1.54) is 5.56 Å². The number of aromatic amines is 1. The van der Waals surface area contributed by atoms with Gasteiger partial charge in [0.1, 0.15) is 11.9 Å². The molecule has 2 aromatic rings. The maximum absolute atomic E-state index is 9.90. The number of aliphatic hydroxyl groups is 1. The van der Waals surface area contributed by atoms with Gasteiger partial charge in [-0.05, 0) is 17.5 Å². The zero-order chi connectivity index (χ0) is 11.4. The second kappa shape index (κ2) is 4.94. The van der Waals surface area contributed by atoms with E-state index in [1.807, 2.05) is 0 Å². The fourth-order valence-corrected chi connectivity index (χ4v) is 1.69. The average Bonchev–Trinajstić information content (AvgIpc) is 2.83. The SMILES string of the molecule is CCc1ccc(CC(O)c2ncc[nH]2)cc1. The number of benzene rings is 1. The van der Waals surface area contributed by atoms with Crippen LogP contribution in [0.4, 0.5) is 0 Å². The van der Waals surface area contributed by atoms with Crippen LogP contribution in [0.25, 0.3) is 0 Å². The Hall–Kier alpha value is -1.61. The van der Waals surface area contributed by atoms with Gasteiger partial charge in [-0.2, -0.15) is 0 Å². The molecule has 0 aliphatic rings. The maximum Gasteiger partial charge on any atom is 0.135 e. The molecule has 0 amide bonds. The summed E-state index contributed by atoms with van der Waals surface area (Å²) in [6.07, 6.45) is 4.46. The van der Waals surface area contributed by atoms with E-state index in [1.54, 1.807) is 12.4 Å². The van der Waals surface area contributed by atoms with Crippen LogP contribution >= 0.6 is 0 Å². The van der Waals surface area contributed by atoms with Crippen LogP contribution in [-0.2, 0) is 12.8 Å². The average molecular weight is 216 g/mol. The number of rotatable bonds is 4. The molecule has 0 aliphatic carbocycles. The van der Waals surface area contributed by atoms with Gasteiger partial charge in [-0.25, -0.2) is 4.98 Å². The lowest BCUT2D eigenvalue weighted by molar-refractivity contribution is 0.169. The molecule has 2 N–H and O–H groups in total. The predicted octanol–water partition coefficient (Wildman–Crippen LogP) is 2.25. The molecule has 0 spiro atoms. The van der Waals surface area contributed by atoms with Crippen LogP contribution in [0.2, 0.25) is 0 Å². The van der Waals surface area contributed by atoms with Crippen LogP contribution in [0, 0.1) is 0 Å².